The molecule has 0 bridgehead atoms. The molecule has 114 valence electrons. The maximum Gasteiger partial charge on any atom is 0.251 e. The minimum Gasteiger partial charge on any atom is -0.399 e. The van der Waals surface area contributed by atoms with Gasteiger partial charge in [-0.25, -0.2) is 0 Å². The number of carbonyl (C=O) groups excluding carboxylic acids is 1. The van der Waals surface area contributed by atoms with Gasteiger partial charge in [0.25, 0.3) is 5.91 Å². The summed E-state index contributed by atoms with van der Waals surface area (Å²) in [5, 5.41) is 2.96. The van der Waals surface area contributed by atoms with Crippen LogP contribution in [0.25, 0.3) is 0 Å². The van der Waals surface area contributed by atoms with Gasteiger partial charge in [-0.2, -0.15) is 0 Å². The Labute approximate surface area is 130 Å². The van der Waals surface area contributed by atoms with Crippen molar-refractivity contribution < 1.29 is 4.79 Å². The fraction of sp³-hybridized carbons (Fsp3) is 0.278. The van der Waals surface area contributed by atoms with Crippen molar-refractivity contribution in [1.82, 2.24) is 10.2 Å². The minimum absolute atomic E-state index is 0.0651. The summed E-state index contributed by atoms with van der Waals surface area (Å²) >= 11 is 0. The lowest BCUT2D eigenvalue weighted by atomic mass is 10.00. The molecule has 0 aromatic heterocycles. The van der Waals surface area contributed by atoms with Crippen LogP contribution in [0.4, 0.5) is 5.69 Å². The summed E-state index contributed by atoms with van der Waals surface area (Å²) in [6, 6.07) is 15.6. The smallest absolute Gasteiger partial charge is 0.251 e. The van der Waals surface area contributed by atoms with Crippen LogP contribution in [0.15, 0.2) is 48.5 Å². The number of amides is 1. The summed E-state index contributed by atoms with van der Waals surface area (Å²) in [5.74, 6) is -0.0651. The number of nitrogens with two attached hydrogens (primary N) is 1. The van der Waals surface area contributed by atoms with Gasteiger partial charge in [-0.05, 0) is 35.7 Å². The first-order valence-corrected chi connectivity index (χ1v) is 7.65. The highest BCUT2D eigenvalue weighted by atomic mass is 16.1. The summed E-state index contributed by atoms with van der Waals surface area (Å²) < 4.78 is 0. The molecular formula is C18H21N3O. The predicted octanol–water partition coefficient (Wildman–Crippen LogP) is 2.06. The molecule has 1 aliphatic rings. The molecule has 0 atom stereocenters. The van der Waals surface area contributed by atoms with Crippen LogP contribution < -0.4 is 11.1 Å². The molecule has 0 saturated heterocycles. The zero-order chi connectivity index (χ0) is 15.4. The largest absolute Gasteiger partial charge is 0.399 e. The van der Waals surface area contributed by atoms with Crippen molar-refractivity contribution in [3.8, 4) is 0 Å². The molecule has 3 N–H and O–H groups in total. The Balaban J connectivity index is 1.49. The predicted molar refractivity (Wildman–Crippen MR) is 88.6 cm³/mol. The minimum atomic E-state index is -0.0651. The van der Waals surface area contributed by atoms with E-state index < -0.39 is 0 Å². The first-order valence-electron chi connectivity index (χ1n) is 7.65. The average Bonchev–Trinajstić information content (AvgIpc) is 2.54. The van der Waals surface area contributed by atoms with Crippen molar-refractivity contribution in [3.05, 3.63) is 65.2 Å². The molecule has 0 radical (unpaired) electrons. The van der Waals surface area contributed by atoms with Gasteiger partial charge < -0.3 is 11.1 Å². The van der Waals surface area contributed by atoms with Crippen LogP contribution in [-0.2, 0) is 13.0 Å². The fourth-order valence-corrected chi connectivity index (χ4v) is 2.85. The Hall–Kier alpha value is -2.33. The standard InChI is InChI=1S/C18H21N3O/c19-17-7-3-6-15(12-17)18(22)20-9-11-21-10-8-14-4-1-2-5-16(14)13-21/h1-7,12H,8-11,13,19H2,(H,20,22). The number of carbonyl (C=O) groups is 1. The van der Waals surface area contributed by atoms with Gasteiger partial charge in [0.2, 0.25) is 0 Å². The van der Waals surface area contributed by atoms with Gasteiger partial charge in [0.05, 0.1) is 0 Å². The Kier molecular flexibility index (Phi) is 4.39. The molecular weight excluding hydrogens is 274 g/mol. The molecule has 0 saturated carbocycles. The van der Waals surface area contributed by atoms with Gasteiger partial charge in [0, 0.05) is 37.4 Å². The highest BCUT2D eigenvalue weighted by Gasteiger charge is 2.15. The van der Waals surface area contributed by atoms with E-state index in [4.69, 9.17) is 5.73 Å². The summed E-state index contributed by atoms with van der Waals surface area (Å²) in [6.07, 6.45) is 1.08. The summed E-state index contributed by atoms with van der Waals surface area (Å²) in [4.78, 5) is 14.4. The van der Waals surface area contributed by atoms with Crippen molar-refractivity contribution in [2.24, 2.45) is 0 Å². The van der Waals surface area contributed by atoms with Crippen molar-refractivity contribution in [3.63, 3.8) is 0 Å². The highest BCUT2D eigenvalue weighted by molar-refractivity contribution is 5.94. The van der Waals surface area contributed by atoms with Gasteiger partial charge in [-0.15, -0.1) is 0 Å². The van der Waals surface area contributed by atoms with Crippen LogP contribution in [0.3, 0.4) is 0 Å². The molecule has 22 heavy (non-hydrogen) atoms. The SMILES string of the molecule is Nc1cccc(C(=O)NCCN2CCc3ccccc3C2)c1. The second-order valence-corrected chi connectivity index (χ2v) is 5.68. The van der Waals surface area contributed by atoms with E-state index >= 15 is 0 Å². The van der Waals surface area contributed by atoms with Crippen LogP contribution in [0.1, 0.15) is 21.5 Å². The van der Waals surface area contributed by atoms with Crippen LogP contribution in [0.2, 0.25) is 0 Å². The zero-order valence-corrected chi connectivity index (χ0v) is 12.6. The maximum atomic E-state index is 12.1. The lowest BCUT2D eigenvalue weighted by Crippen LogP contribution is -2.37. The maximum absolute atomic E-state index is 12.1. The van der Waals surface area contributed by atoms with E-state index in [1.165, 1.54) is 11.1 Å². The number of fused-ring (bicyclic) bond motifs is 1. The summed E-state index contributed by atoms with van der Waals surface area (Å²) in [6.45, 7) is 3.52. The second-order valence-electron chi connectivity index (χ2n) is 5.68. The molecule has 0 aliphatic carbocycles. The van der Waals surface area contributed by atoms with Gasteiger partial charge in [0.15, 0.2) is 0 Å². The molecule has 2 aromatic carbocycles. The fourth-order valence-electron chi connectivity index (χ4n) is 2.85. The molecule has 4 nitrogen and oxygen atoms in total. The number of nitrogens with zero attached hydrogens (tertiary/aromatic N) is 1. The molecule has 1 amide bonds. The third-order valence-corrected chi connectivity index (χ3v) is 4.07. The van der Waals surface area contributed by atoms with Gasteiger partial charge in [0.1, 0.15) is 0 Å². The molecule has 4 heteroatoms. The number of hydrogen-bond donors (Lipinski definition) is 2. The number of anilines is 1. The van der Waals surface area contributed by atoms with Crippen molar-refractivity contribution in [2.75, 3.05) is 25.4 Å². The molecule has 0 fully saturated rings. The topological polar surface area (TPSA) is 58.4 Å². The number of nitrogens with one attached hydrogen (secondary N) is 1. The number of nitrogen functional groups attached to an aromatic ring is 1. The molecule has 0 unspecified atom stereocenters. The third-order valence-electron chi connectivity index (χ3n) is 4.07. The van der Waals surface area contributed by atoms with Crippen LogP contribution in [0, 0.1) is 0 Å². The first-order chi connectivity index (χ1) is 10.7. The highest BCUT2D eigenvalue weighted by Crippen LogP contribution is 2.17. The molecule has 0 spiro atoms. The van der Waals surface area contributed by atoms with E-state index in [0.717, 1.165) is 26.1 Å². The molecule has 3 rings (SSSR count). The van der Waals surface area contributed by atoms with Crippen LogP contribution >= 0.6 is 0 Å². The Morgan fingerprint density at radius 1 is 1.14 bits per heavy atom. The average molecular weight is 295 g/mol. The van der Waals surface area contributed by atoms with Gasteiger partial charge in [-0.3, -0.25) is 9.69 Å². The quantitative estimate of drug-likeness (QED) is 0.849. The number of benzene rings is 2. The van der Waals surface area contributed by atoms with E-state index in [1.54, 1.807) is 24.3 Å². The van der Waals surface area contributed by atoms with E-state index in [-0.39, 0.29) is 5.91 Å². The lowest BCUT2D eigenvalue weighted by Gasteiger charge is -2.28. The van der Waals surface area contributed by atoms with Crippen LogP contribution in [-0.4, -0.2) is 30.4 Å². The summed E-state index contributed by atoms with van der Waals surface area (Å²) in [7, 11) is 0. The van der Waals surface area contributed by atoms with E-state index in [2.05, 4.69) is 34.5 Å². The summed E-state index contributed by atoms with van der Waals surface area (Å²) in [5.41, 5.74) is 9.77. The molecule has 2 aromatic rings. The van der Waals surface area contributed by atoms with Gasteiger partial charge >= 0.3 is 0 Å². The first kappa shape index (κ1) is 14.6. The van der Waals surface area contributed by atoms with Crippen molar-refractivity contribution in [1.29, 1.82) is 0 Å². The van der Waals surface area contributed by atoms with Crippen molar-refractivity contribution in [2.45, 2.75) is 13.0 Å². The Morgan fingerprint density at radius 3 is 2.77 bits per heavy atom. The monoisotopic (exact) mass is 295 g/mol. The normalized spacial score (nSPS) is 14.4. The zero-order valence-electron chi connectivity index (χ0n) is 12.6. The van der Waals surface area contributed by atoms with E-state index in [1.807, 2.05) is 0 Å². The Morgan fingerprint density at radius 2 is 1.95 bits per heavy atom. The molecule has 1 heterocycles. The van der Waals surface area contributed by atoms with E-state index in [9.17, 15) is 4.79 Å². The Bertz CT molecular complexity index is 669. The second kappa shape index (κ2) is 6.62. The lowest BCUT2D eigenvalue weighted by molar-refractivity contribution is 0.0947. The van der Waals surface area contributed by atoms with Gasteiger partial charge in [-0.1, -0.05) is 30.3 Å². The van der Waals surface area contributed by atoms with Crippen LogP contribution in [0.5, 0.6) is 0 Å². The van der Waals surface area contributed by atoms with Crippen molar-refractivity contribution >= 4 is 11.6 Å². The number of rotatable bonds is 4. The van der Waals surface area contributed by atoms with E-state index in [0.29, 0.717) is 17.8 Å². The number of hydrogen-bond acceptors (Lipinski definition) is 3. The third kappa shape index (κ3) is 3.46. The molecule has 1 aliphatic heterocycles.